The minimum atomic E-state index is -0.607. The van der Waals surface area contributed by atoms with Crippen molar-refractivity contribution in [3.05, 3.63) is 22.4 Å². The Hall–Kier alpha value is -1.10. The molecule has 13 heavy (non-hydrogen) atoms. The van der Waals surface area contributed by atoms with Crippen LogP contribution in [0.15, 0.2) is 27.4 Å². The first-order valence-corrected chi connectivity index (χ1v) is 4.17. The van der Waals surface area contributed by atoms with Crippen molar-refractivity contribution in [1.82, 2.24) is 0 Å². The van der Waals surface area contributed by atoms with E-state index in [9.17, 15) is 4.79 Å². The molecule has 0 aromatic heterocycles. The Bertz CT molecular complexity index is 269. The number of aliphatic hydroxyl groups excluding tert-OH is 1. The SMILES string of the molecule is CN=CC(Br)=CC(=CO)C(=O)OC. The van der Waals surface area contributed by atoms with Crippen molar-refractivity contribution in [1.29, 1.82) is 0 Å². The molecule has 0 bridgehead atoms. The Morgan fingerprint density at radius 3 is 2.62 bits per heavy atom. The molecule has 0 fully saturated rings. The second kappa shape index (κ2) is 6.42. The number of aliphatic imine (C=N–C) groups is 1. The van der Waals surface area contributed by atoms with Crippen LogP contribution in [0.25, 0.3) is 0 Å². The summed E-state index contributed by atoms with van der Waals surface area (Å²) in [4.78, 5) is 14.6. The fraction of sp³-hybridized carbons (Fsp3) is 0.250. The summed E-state index contributed by atoms with van der Waals surface area (Å²) < 4.78 is 4.98. The number of carbonyl (C=O) groups excluding carboxylic acids is 1. The maximum absolute atomic E-state index is 10.9. The highest BCUT2D eigenvalue weighted by Crippen LogP contribution is 2.08. The molecule has 0 atom stereocenters. The van der Waals surface area contributed by atoms with Crippen LogP contribution in [0.4, 0.5) is 0 Å². The molecule has 0 aliphatic carbocycles. The van der Waals surface area contributed by atoms with Gasteiger partial charge in [0.1, 0.15) is 0 Å². The summed E-state index contributed by atoms with van der Waals surface area (Å²) in [6, 6.07) is 0. The Labute approximate surface area is 84.7 Å². The van der Waals surface area contributed by atoms with Crippen LogP contribution >= 0.6 is 15.9 Å². The van der Waals surface area contributed by atoms with Crippen LogP contribution in [0.2, 0.25) is 0 Å². The van der Waals surface area contributed by atoms with Crippen LogP contribution < -0.4 is 0 Å². The van der Waals surface area contributed by atoms with E-state index < -0.39 is 5.97 Å². The molecule has 0 aliphatic heterocycles. The summed E-state index contributed by atoms with van der Waals surface area (Å²) in [6.45, 7) is 0. The van der Waals surface area contributed by atoms with Crippen molar-refractivity contribution < 1.29 is 14.6 Å². The number of esters is 1. The number of hydrogen-bond acceptors (Lipinski definition) is 4. The lowest BCUT2D eigenvalue weighted by Crippen LogP contribution is -2.03. The van der Waals surface area contributed by atoms with Gasteiger partial charge in [-0.05, 0) is 22.0 Å². The van der Waals surface area contributed by atoms with Crippen molar-refractivity contribution >= 4 is 28.1 Å². The highest BCUT2D eigenvalue weighted by atomic mass is 79.9. The second-order valence-corrected chi connectivity index (χ2v) is 2.91. The molecule has 0 spiro atoms. The van der Waals surface area contributed by atoms with Crippen LogP contribution in [-0.2, 0) is 9.53 Å². The maximum Gasteiger partial charge on any atom is 0.341 e. The quantitative estimate of drug-likeness (QED) is 0.271. The minimum Gasteiger partial charge on any atom is -0.515 e. The first kappa shape index (κ1) is 11.9. The van der Waals surface area contributed by atoms with Gasteiger partial charge in [-0.3, -0.25) is 4.99 Å². The molecule has 0 saturated heterocycles. The molecular formula is C8H10BrNO3. The van der Waals surface area contributed by atoms with Gasteiger partial charge in [-0.2, -0.15) is 0 Å². The molecule has 0 aromatic rings. The van der Waals surface area contributed by atoms with Gasteiger partial charge in [-0.15, -0.1) is 0 Å². The molecule has 0 amide bonds. The predicted octanol–water partition coefficient (Wildman–Crippen LogP) is 1.58. The summed E-state index contributed by atoms with van der Waals surface area (Å²) in [7, 11) is 2.83. The van der Waals surface area contributed by atoms with Crippen LogP contribution in [-0.4, -0.2) is 31.4 Å². The monoisotopic (exact) mass is 247 g/mol. The van der Waals surface area contributed by atoms with Crippen molar-refractivity contribution in [2.75, 3.05) is 14.2 Å². The number of methoxy groups -OCH3 is 1. The molecule has 1 N–H and O–H groups in total. The molecule has 0 unspecified atom stereocenters. The summed E-state index contributed by atoms with van der Waals surface area (Å²) in [6.07, 6.45) is 3.57. The first-order chi connectivity index (χ1) is 6.15. The minimum absolute atomic E-state index is 0.0503. The number of carbonyl (C=O) groups is 1. The van der Waals surface area contributed by atoms with E-state index >= 15 is 0 Å². The van der Waals surface area contributed by atoms with Crippen molar-refractivity contribution in [2.45, 2.75) is 0 Å². The summed E-state index contributed by atoms with van der Waals surface area (Å²) >= 11 is 3.13. The zero-order valence-electron chi connectivity index (χ0n) is 7.32. The van der Waals surface area contributed by atoms with E-state index in [2.05, 4.69) is 25.7 Å². The van der Waals surface area contributed by atoms with Crippen molar-refractivity contribution in [3.8, 4) is 0 Å². The van der Waals surface area contributed by atoms with E-state index in [0.717, 1.165) is 0 Å². The molecule has 4 nitrogen and oxygen atoms in total. The lowest BCUT2D eigenvalue weighted by molar-refractivity contribution is -0.135. The highest BCUT2D eigenvalue weighted by molar-refractivity contribution is 9.12. The van der Waals surface area contributed by atoms with Crippen LogP contribution in [0.3, 0.4) is 0 Å². The van der Waals surface area contributed by atoms with Crippen LogP contribution in [0.1, 0.15) is 0 Å². The Kier molecular flexibility index (Phi) is 5.88. The van der Waals surface area contributed by atoms with E-state index in [-0.39, 0.29) is 5.57 Å². The third-order valence-corrected chi connectivity index (χ3v) is 1.54. The number of rotatable bonds is 3. The zero-order valence-corrected chi connectivity index (χ0v) is 8.91. The molecule has 72 valence electrons. The summed E-state index contributed by atoms with van der Waals surface area (Å²) in [5.74, 6) is -0.607. The lowest BCUT2D eigenvalue weighted by Gasteiger charge is -1.97. The Morgan fingerprint density at radius 2 is 2.23 bits per heavy atom. The van der Waals surface area contributed by atoms with Crippen LogP contribution in [0.5, 0.6) is 0 Å². The molecule has 0 heterocycles. The van der Waals surface area contributed by atoms with E-state index in [1.165, 1.54) is 19.4 Å². The fourth-order valence-corrected chi connectivity index (χ4v) is 1.03. The Morgan fingerprint density at radius 1 is 1.62 bits per heavy atom. The Balaban J connectivity index is 4.64. The second-order valence-electron chi connectivity index (χ2n) is 1.99. The third kappa shape index (κ3) is 4.47. The van der Waals surface area contributed by atoms with E-state index in [0.29, 0.717) is 10.7 Å². The summed E-state index contributed by atoms with van der Waals surface area (Å²) in [5.41, 5.74) is 0.0503. The van der Waals surface area contributed by atoms with E-state index in [1.54, 1.807) is 7.05 Å². The van der Waals surface area contributed by atoms with Gasteiger partial charge in [0.25, 0.3) is 0 Å². The van der Waals surface area contributed by atoms with Gasteiger partial charge in [0, 0.05) is 17.7 Å². The average Bonchev–Trinajstić information content (AvgIpc) is 2.13. The number of aliphatic hydroxyl groups is 1. The van der Waals surface area contributed by atoms with E-state index in [1.807, 2.05) is 0 Å². The van der Waals surface area contributed by atoms with Gasteiger partial charge < -0.3 is 9.84 Å². The standard InChI is InChI=1S/C8H10BrNO3/c1-10-4-7(9)3-6(5-11)8(12)13-2/h3-5,11H,1-2H3. The number of hydrogen-bond donors (Lipinski definition) is 1. The first-order valence-electron chi connectivity index (χ1n) is 3.37. The van der Waals surface area contributed by atoms with E-state index in [4.69, 9.17) is 5.11 Å². The van der Waals surface area contributed by atoms with Gasteiger partial charge in [-0.1, -0.05) is 0 Å². The van der Waals surface area contributed by atoms with Crippen molar-refractivity contribution in [2.24, 2.45) is 4.99 Å². The van der Waals surface area contributed by atoms with Gasteiger partial charge in [0.15, 0.2) is 0 Å². The van der Waals surface area contributed by atoms with Gasteiger partial charge >= 0.3 is 5.97 Å². The molecule has 5 heteroatoms. The molecule has 0 aliphatic rings. The smallest absolute Gasteiger partial charge is 0.341 e. The average molecular weight is 248 g/mol. The number of ether oxygens (including phenoxy) is 1. The highest BCUT2D eigenvalue weighted by Gasteiger charge is 2.06. The van der Waals surface area contributed by atoms with Crippen LogP contribution in [0, 0.1) is 0 Å². The molecule has 0 radical (unpaired) electrons. The fourth-order valence-electron chi connectivity index (χ4n) is 0.576. The maximum atomic E-state index is 10.9. The third-order valence-electron chi connectivity index (χ3n) is 1.11. The van der Waals surface area contributed by atoms with Gasteiger partial charge in [0.2, 0.25) is 0 Å². The lowest BCUT2D eigenvalue weighted by atomic mass is 10.3. The number of allylic oxidation sites excluding steroid dienone is 1. The molecule has 0 rings (SSSR count). The summed E-state index contributed by atoms with van der Waals surface area (Å²) in [5, 5.41) is 8.67. The number of halogens is 1. The van der Waals surface area contributed by atoms with Crippen molar-refractivity contribution in [3.63, 3.8) is 0 Å². The largest absolute Gasteiger partial charge is 0.515 e. The number of nitrogens with zero attached hydrogens (tertiary/aromatic N) is 1. The molecule has 0 saturated carbocycles. The molecular weight excluding hydrogens is 238 g/mol. The zero-order chi connectivity index (χ0) is 10.3. The van der Waals surface area contributed by atoms with Gasteiger partial charge in [0.05, 0.1) is 18.9 Å². The topological polar surface area (TPSA) is 58.9 Å². The normalized spacial score (nSPS) is 13.5. The molecule has 0 aromatic carbocycles. The van der Waals surface area contributed by atoms with Gasteiger partial charge in [-0.25, -0.2) is 4.79 Å². The predicted molar refractivity (Wildman–Crippen MR) is 54.2 cm³/mol.